The number of hydrogen-bond donors (Lipinski definition) is 2. The van der Waals surface area contributed by atoms with E-state index in [-0.39, 0.29) is 27.1 Å². The fourth-order valence-corrected chi connectivity index (χ4v) is 3.18. The van der Waals surface area contributed by atoms with Gasteiger partial charge < -0.3 is 10.4 Å². The van der Waals surface area contributed by atoms with E-state index in [0.717, 1.165) is 32.1 Å². The predicted molar refractivity (Wildman–Crippen MR) is 77.9 cm³/mol. The highest BCUT2D eigenvalue weighted by atomic mass is 35.5. The number of halogens is 2. The Morgan fingerprint density at radius 1 is 1.32 bits per heavy atom. The highest BCUT2D eigenvalue weighted by Crippen LogP contribution is 2.42. The molecule has 1 amide bonds. The molecule has 1 aromatic rings. The first-order chi connectivity index (χ1) is 8.98. The number of amides is 1. The van der Waals surface area contributed by atoms with E-state index >= 15 is 0 Å². The number of benzene rings is 1. The molecule has 3 nitrogen and oxygen atoms in total. The molecular weight excluding hydrogens is 285 g/mol. The average Bonchev–Trinajstić information content (AvgIpc) is 2.85. The van der Waals surface area contributed by atoms with Crippen LogP contribution >= 0.6 is 23.2 Å². The van der Waals surface area contributed by atoms with Gasteiger partial charge in [0.15, 0.2) is 5.75 Å². The highest BCUT2D eigenvalue weighted by molar-refractivity contribution is 6.37. The summed E-state index contributed by atoms with van der Waals surface area (Å²) in [7, 11) is 0. The molecule has 0 radical (unpaired) electrons. The first kappa shape index (κ1) is 14.5. The van der Waals surface area contributed by atoms with Gasteiger partial charge in [-0.25, -0.2) is 0 Å². The Hall–Kier alpha value is -0.930. The van der Waals surface area contributed by atoms with Crippen molar-refractivity contribution in [2.24, 2.45) is 5.41 Å². The normalized spacial score (nSPS) is 17.4. The zero-order chi connectivity index (χ0) is 14.0. The second-order valence-corrected chi connectivity index (χ2v) is 5.90. The molecule has 2 N–H and O–H groups in total. The monoisotopic (exact) mass is 301 g/mol. The lowest BCUT2D eigenvalue weighted by atomic mass is 9.82. The van der Waals surface area contributed by atoms with Gasteiger partial charge in [0, 0.05) is 11.1 Å². The van der Waals surface area contributed by atoms with Crippen molar-refractivity contribution in [1.29, 1.82) is 0 Å². The van der Waals surface area contributed by atoms with Crippen molar-refractivity contribution < 1.29 is 9.90 Å². The molecule has 5 heteroatoms. The molecular formula is C14H17Cl2NO2. The van der Waals surface area contributed by atoms with Gasteiger partial charge in [0.05, 0.1) is 10.0 Å². The van der Waals surface area contributed by atoms with Crippen LogP contribution in [0.1, 0.15) is 39.0 Å². The summed E-state index contributed by atoms with van der Waals surface area (Å²) in [5.41, 5.74) is 0.258. The van der Waals surface area contributed by atoms with E-state index in [1.165, 1.54) is 12.1 Å². The second kappa shape index (κ2) is 5.59. The number of nitrogens with one attached hydrogen (secondary N) is 1. The van der Waals surface area contributed by atoms with Crippen molar-refractivity contribution in [1.82, 2.24) is 0 Å². The van der Waals surface area contributed by atoms with Gasteiger partial charge in [-0.15, -0.1) is 0 Å². The average molecular weight is 302 g/mol. The number of carbonyl (C=O) groups is 1. The SMILES string of the molecule is CCC1(C(=O)Nc2cc(Cl)c(O)c(Cl)c2)CCCC1. The molecule has 0 bridgehead atoms. The number of aromatic hydroxyl groups is 1. The fourth-order valence-electron chi connectivity index (χ4n) is 2.69. The third-order valence-electron chi connectivity index (χ3n) is 3.99. The Morgan fingerprint density at radius 3 is 2.32 bits per heavy atom. The van der Waals surface area contributed by atoms with Crippen LogP contribution in [0.4, 0.5) is 5.69 Å². The van der Waals surface area contributed by atoms with E-state index in [4.69, 9.17) is 23.2 Å². The molecule has 0 heterocycles. The van der Waals surface area contributed by atoms with E-state index in [1.807, 2.05) is 6.92 Å². The van der Waals surface area contributed by atoms with Gasteiger partial charge in [-0.1, -0.05) is 43.0 Å². The molecule has 2 rings (SSSR count). The molecule has 0 aromatic heterocycles. The van der Waals surface area contributed by atoms with Crippen LogP contribution in [0, 0.1) is 5.41 Å². The minimum absolute atomic E-state index is 0.0188. The number of phenolic OH excluding ortho intramolecular Hbond substituents is 1. The second-order valence-electron chi connectivity index (χ2n) is 5.08. The molecule has 1 fully saturated rings. The molecule has 104 valence electrons. The highest BCUT2D eigenvalue weighted by Gasteiger charge is 2.39. The summed E-state index contributed by atoms with van der Waals surface area (Å²) < 4.78 is 0. The summed E-state index contributed by atoms with van der Waals surface area (Å²) in [6.45, 7) is 2.04. The van der Waals surface area contributed by atoms with Crippen LogP contribution in [0.3, 0.4) is 0 Å². The number of hydrogen-bond acceptors (Lipinski definition) is 2. The Labute approximate surface area is 122 Å². The zero-order valence-electron chi connectivity index (χ0n) is 10.8. The third-order valence-corrected chi connectivity index (χ3v) is 4.57. The van der Waals surface area contributed by atoms with Gasteiger partial charge in [-0.3, -0.25) is 4.79 Å². The van der Waals surface area contributed by atoms with E-state index in [2.05, 4.69) is 5.32 Å². The third kappa shape index (κ3) is 2.82. The number of rotatable bonds is 3. The van der Waals surface area contributed by atoms with E-state index in [0.29, 0.717) is 5.69 Å². The van der Waals surface area contributed by atoms with Crippen molar-refractivity contribution in [2.45, 2.75) is 39.0 Å². The van der Waals surface area contributed by atoms with Gasteiger partial charge >= 0.3 is 0 Å². The predicted octanol–water partition coefficient (Wildman–Crippen LogP) is 4.61. The lowest BCUT2D eigenvalue weighted by molar-refractivity contribution is -0.125. The van der Waals surface area contributed by atoms with Crippen molar-refractivity contribution in [2.75, 3.05) is 5.32 Å². The molecule has 0 saturated heterocycles. The maximum Gasteiger partial charge on any atom is 0.230 e. The van der Waals surface area contributed by atoms with Crippen LogP contribution < -0.4 is 5.32 Å². The van der Waals surface area contributed by atoms with Crippen LogP contribution in [0.15, 0.2) is 12.1 Å². The van der Waals surface area contributed by atoms with Crippen LogP contribution in [-0.4, -0.2) is 11.0 Å². The Bertz CT molecular complexity index is 473. The standard InChI is InChI=1S/C14H17Cl2NO2/c1-2-14(5-3-4-6-14)13(19)17-9-7-10(15)12(18)11(16)8-9/h7-8,18H,2-6H2,1H3,(H,17,19). The van der Waals surface area contributed by atoms with Crippen molar-refractivity contribution >= 4 is 34.8 Å². The van der Waals surface area contributed by atoms with Gasteiger partial charge in [-0.05, 0) is 31.4 Å². The quantitative estimate of drug-likeness (QED) is 0.801. The summed E-state index contributed by atoms with van der Waals surface area (Å²) in [5.74, 6) is -0.141. The Balaban J connectivity index is 2.19. The maximum absolute atomic E-state index is 12.4. The smallest absolute Gasteiger partial charge is 0.230 e. The van der Waals surface area contributed by atoms with Gasteiger partial charge in [0.2, 0.25) is 5.91 Å². The van der Waals surface area contributed by atoms with Gasteiger partial charge in [0.25, 0.3) is 0 Å². The minimum Gasteiger partial charge on any atom is -0.505 e. The molecule has 0 aliphatic heterocycles. The summed E-state index contributed by atoms with van der Waals surface area (Å²) >= 11 is 11.7. The molecule has 19 heavy (non-hydrogen) atoms. The fraction of sp³-hybridized carbons (Fsp3) is 0.500. The molecule has 0 unspecified atom stereocenters. The lowest BCUT2D eigenvalue weighted by Crippen LogP contribution is -2.33. The van der Waals surface area contributed by atoms with E-state index in [1.54, 1.807) is 0 Å². The summed E-state index contributed by atoms with van der Waals surface area (Å²) in [6.07, 6.45) is 4.87. The van der Waals surface area contributed by atoms with Gasteiger partial charge in [0.1, 0.15) is 0 Å². The number of phenols is 1. The topological polar surface area (TPSA) is 49.3 Å². The van der Waals surface area contributed by atoms with E-state index in [9.17, 15) is 9.90 Å². The van der Waals surface area contributed by atoms with Crippen LogP contribution in [-0.2, 0) is 4.79 Å². The maximum atomic E-state index is 12.4. The lowest BCUT2D eigenvalue weighted by Gasteiger charge is -2.26. The summed E-state index contributed by atoms with van der Waals surface area (Å²) in [5, 5.41) is 12.6. The van der Waals surface area contributed by atoms with Gasteiger partial charge in [-0.2, -0.15) is 0 Å². The summed E-state index contributed by atoms with van der Waals surface area (Å²) in [4.78, 5) is 12.4. The Morgan fingerprint density at radius 2 is 1.84 bits per heavy atom. The minimum atomic E-state index is -0.267. The number of carbonyl (C=O) groups excluding carboxylic acids is 1. The first-order valence-electron chi connectivity index (χ1n) is 6.48. The van der Waals surface area contributed by atoms with Crippen molar-refractivity contribution in [3.8, 4) is 5.75 Å². The molecule has 1 saturated carbocycles. The van der Waals surface area contributed by atoms with Crippen molar-refractivity contribution in [3.05, 3.63) is 22.2 Å². The largest absolute Gasteiger partial charge is 0.505 e. The van der Waals surface area contributed by atoms with E-state index < -0.39 is 0 Å². The zero-order valence-corrected chi connectivity index (χ0v) is 12.3. The molecule has 1 aliphatic rings. The first-order valence-corrected chi connectivity index (χ1v) is 7.23. The summed E-state index contributed by atoms with van der Waals surface area (Å²) in [6, 6.07) is 3.03. The van der Waals surface area contributed by atoms with Crippen LogP contribution in [0.25, 0.3) is 0 Å². The van der Waals surface area contributed by atoms with Crippen LogP contribution in [0.5, 0.6) is 5.75 Å². The molecule has 0 spiro atoms. The molecule has 0 atom stereocenters. The number of anilines is 1. The molecule has 1 aliphatic carbocycles. The van der Waals surface area contributed by atoms with Crippen molar-refractivity contribution in [3.63, 3.8) is 0 Å². The Kier molecular flexibility index (Phi) is 4.26. The van der Waals surface area contributed by atoms with Crippen LogP contribution in [0.2, 0.25) is 10.0 Å². The molecule has 1 aromatic carbocycles.